The van der Waals surface area contributed by atoms with Crippen LogP contribution in [0, 0.1) is 0 Å². The molecule has 0 aliphatic carbocycles. The van der Waals surface area contributed by atoms with Crippen molar-refractivity contribution in [2.75, 3.05) is 0 Å². The Bertz CT molecular complexity index is 127. The molecule has 10 heavy (non-hydrogen) atoms. The predicted octanol–water partition coefficient (Wildman–Crippen LogP) is 2.73. The predicted molar refractivity (Wildman–Crippen MR) is 48.5 cm³/mol. The summed E-state index contributed by atoms with van der Waals surface area (Å²) in [6.07, 6.45) is 0.332. The van der Waals surface area contributed by atoms with Gasteiger partial charge >= 0.3 is 0 Å². The molecule has 0 rings (SSSR count). The van der Waals surface area contributed by atoms with E-state index in [9.17, 15) is 0 Å². The molecule has 1 nitrogen and oxygen atoms in total. The van der Waals surface area contributed by atoms with Gasteiger partial charge in [-0.3, -0.25) is 0 Å². The van der Waals surface area contributed by atoms with E-state index in [0.29, 0.717) is 6.10 Å². The Kier molecular flexibility index (Phi) is 3.32. The summed E-state index contributed by atoms with van der Waals surface area (Å²) in [5, 5.41) is 1.21. The molecule has 0 saturated heterocycles. The Hall–Kier alpha value is -0.0831. The fourth-order valence-electron chi connectivity index (χ4n) is 0.690. The van der Waals surface area contributed by atoms with Crippen molar-refractivity contribution in [2.24, 2.45) is 0 Å². The van der Waals surface area contributed by atoms with Crippen LogP contribution in [0.5, 0.6) is 0 Å². The lowest BCUT2D eigenvalue weighted by atomic mass is 10.5. The van der Waals surface area contributed by atoms with Gasteiger partial charge in [-0.15, -0.1) is 6.58 Å². The van der Waals surface area contributed by atoms with Gasteiger partial charge in [0, 0.05) is 6.10 Å². The molecule has 0 fully saturated rings. The molecule has 0 spiro atoms. The van der Waals surface area contributed by atoms with Crippen LogP contribution in [0.25, 0.3) is 0 Å². The van der Waals surface area contributed by atoms with Crippen molar-refractivity contribution in [3.63, 3.8) is 0 Å². The molecular weight excluding hydrogens is 140 g/mol. The molecule has 0 aliphatic heterocycles. The fourth-order valence-corrected chi connectivity index (χ4v) is 2.07. The van der Waals surface area contributed by atoms with Gasteiger partial charge in [0.2, 0.25) is 8.32 Å². The van der Waals surface area contributed by atoms with Crippen LogP contribution >= 0.6 is 0 Å². The van der Waals surface area contributed by atoms with E-state index in [1.807, 2.05) is 0 Å². The van der Waals surface area contributed by atoms with E-state index in [-0.39, 0.29) is 0 Å². The smallest absolute Gasteiger partial charge is 0.213 e. The minimum absolute atomic E-state index is 0.332. The molecule has 0 saturated carbocycles. The normalized spacial score (nSPS) is 12.2. The maximum absolute atomic E-state index is 5.74. The van der Waals surface area contributed by atoms with Gasteiger partial charge in [-0.2, -0.15) is 0 Å². The molecule has 0 heterocycles. The second kappa shape index (κ2) is 3.35. The van der Waals surface area contributed by atoms with Crippen molar-refractivity contribution in [3.05, 3.63) is 11.8 Å². The van der Waals surface area contributed by atoms with Crippen molar-refractivity contribution in [1.29, 1.82) is 0 Å². The van der Waals surface area contributed by atoms with E-state index in [1.165, 1.54) is 5.20 Å². The molecule has 0 N–H and O–H groups in total. The van der Waals surface area contributed by atoms with Crippen molar-refractivity contribution in [1.82, 2.24) is 0 Å². The van der Waals surface area contributed by atoms with E-state index in [0.717, 1.165) is 0 Å². The molecular formula is C8H18OSi. The topological polar surface area (TPSA) is 9.23 Å². The van der Waals surface area contributed by atoms with Crippen LogP contribution in [0.3, 0.4) is 0 Å². The van der Waals surface area contributed by atoms with E-state index in [2.05, 4.69) is 40.4 Å². The molecule has 0 unspecified atom stereocenters. The molecule has 0 aromatic heterocycles. The van der Waals surface area contributed by atoms with Crippen LogP contribution in [0.4, 0.5) is 0 Å². The fraction of sp³-hybridized carbons (Fsp3) is 0.750. The van der Waals surface area contributed by atoms with Gasteiger partial charge in [-0.05, 0) is 33.9 Å². The highest BCUT2D eigenvalue weighted by molar-refractivity contribution is 6.78. The van der Waals surface area contributed by atoms with Crippen molar-refractivity contribution < 1.29 is 4.43 Å². The van der Waals surface area contributed by atoms with E-state index in [1.54, 1.807) is 0 Å². The quantitative estimate of drug-likeness (QED) is 0.574. The first-order valence-electron chi connectivity index (χ1n) is 3.70. The van der Waals surface area contributed by atoms with Crippen LogP contribution in [0.15, 0.2) is 11.8 Å². The minimum atomic E-state index is -1.54. The lowest BCUT2D eigenvalue weighted by Gasteiger charge is -2.25. The second-order valence-corrected chi connectivity index (χ2v) is 7.57. The third-order valence-electron chi connectivity index (χ3n) is 1.56. The van der Waals surface area contributed by atoms with E-state index < -0.39 is 8.32 Å². The summed E-state index contributed by atoms with van der Waals surface area (Å²) in [7, 11) is -1.54. The van der Waals surface area contributed by atoms with Gasteiger partial charge in [0.15, 0.2) is 0 Å². The number of hydrogen-bond acceptors (Lipinski definition) is 1. The Morgan fingerprint density at radius 3 is 1.90 bits per heavy atom. The van der Waals surface area contributed by atoms with Crippen molar-refractivity contribution >= 4 is 8.32 Å². The molecule has 0 aromatic carbocycles. The minimum Gasteiger partial charge on any atom is -0.411 e. The highest BCUT2D eigenvalue weighted by Gasteiger charge is 2.24. The summed E-state index contributed by atoms with van der Waals surface area (Å²) in [4.78, 5) is 0. The number of rotatable bonds is 3. The second-order valence-electron chi connectivity index (χ2n) is 3.46. The average Bonchev–Trinajstić information content (AvgIpc) is 1.60. The summed E-state index contributed by atoms with van der Waals surface area (Å²) in [6.45, 7) is 14.5. The van der Waals surface area contributed by atoms with E-state index >= 15 is 0 Å². The van der Waals surface area contributed by atoms with Gasteiger partial charge in [-0.25, -0.2) is 0 Å². The summed E-state index contributed by atoms with van der Waals surface area (Å²) >= 11 is 0. The molecule has 0 amide bonds. The van der Waals surface area contributed by atoms with Crippen molar-refractivity contribution in [3.8, 4) is 0 Å². The highest BCUT2D eigenvalue weighted by Crippen LogP contribution is 2.15. The summed E-state index contributed by atoms with van der Waals surface area (Å²) in [6, 6.07) is 0. The van der Waals surface area contributed by atoms with Crippen LogP contribution in [0.2, 0.25) is 13.1 Å². The highest BCUT2D eigenvalue weighted by atomic mass is 28.4. The Morgan fingerprint density at radius 1 is 1.40 bits per heavy atom. The lowest BCUT2D eigenvalue weighted by molar-refractivity contribution is 0.236. The summed E-state index contributed by atoms with van der Waals surface area (Å²) in [5.41, 5.74) is 0. The summed E-state index contributed by atoms with van der Waals surface area (Å²) < 4.78 is 5.74. The Balaban J connectivity index is 4.00. The average molecular weight is 158 g/mol. The standard InChI is InChI=1S/C8H18OSi/c1-7(2)9-10(5,6)8(3)4/h7H,3H2,1-2,4-6H3. The third-order valence-corrected chi connectivity index (χ3v) is 4.67. The largest absolute Gasteiger partial charge is 0.411 e. The first kappa shape index (κ1) is 9.92. The molecule has 0 atom stereocenters. The van der Waals surface area contributed by atoms with Gasteiger partial charge in [0.25, 0.3) is 0 Å². The van der Waals surface area contributed by atoms with E-state index in [4.69, 9.17) is 4.43 Å². The SMILES string of the molecule is C=C(C)[Si](C)(C)OC(C)C. The lowest BCUT2D eigenvalue weighted by Crippen LogP contribution is -2.34. The van der Waals surface area contributed by atoms with Crippen LogP contribution in [-0.2, 0) is 4.43 Å². The zero-order chi connectivity index (χ0) is 8.36. The number of allylic oxidation sites excluding steroid dienone is 1. The van der Waals surface area contributed by atoms with Gasteiger partial charge in [0.1, 0.15) is 0 Å². The first-order valence-corrected chi connectivity index (χ1v) is 6.61. The van der Waals surface area contributed by atoms with Gasteiger partial charge in [-0.1, -0.05) is 5.20 Å². The maximum Gasteiger partial charge on any atom is 0.213 e. The molecule has 60 valence electrons. The molecule has 0 aliphatic rings. The Morgan fingerprint density at radius 2 is 1.80 bits per heavy atom. The van der Waals surface area contributed by atoms with Gasteiger partial charge < -0.3 is 4.43 Å². The molecule has 0 radical (unpaired) electrons. The number of hydrogen-bond donors (Lipinski definition) is 0. The zero-order valence-electron chi connectivity index (χ0n) is 7.69. The third kappa shape index (κ3) is 3.18. The molecule has 2 heteroatoms. The van der Waals surface area contributed by atoms with Crippen LogP contribution < -0.4 is 0 Å². The molecule has 0 bridgehead atoms. The summed E-state index contributed by atoms with van der Waals surface area (Å²) in [5.74, 6) is 0. The zero-order valence-corrected chi connectivity index (χ0v) is 8.69. The monoisotopic (exact) mass is 158 g/mol. The van der Waals surface area contributed by atoms with Gasteiger partial charge in [0.05, 0.1) is 0 Å². The maximum atomic E-state index is 5.74. The molecule has 0 aromatic rings. The van der Waals surface area contributed by atoms with Crippen LogP contribution in [-0.4, -0.2) is 14.4 Å². The Labute approximate surface area is 65.2 Å². The first-order chi connectivity index (χ1) is 4.36. The van der Waals surface area contributed by atoms with Crippen LogP contribution in [0.1, 0.15) is 20.8 Å². The van der Waals surface area contributed by atoms with Crippen molar-refractivity contribution in [2.45, 2.75) is 40.0 Å².